The number of nitrogens with one attached hydrogen (secondary N) is 1. The highest BCUT2D eigenvalue weighted by Gasteiger charge is 2.22. The van der Waals surface area contributed by atoms with Crippen LogP contribution in [0, 0.1) is 22.9 Å². The zero-order valence-corrected chi connectivity index (χ0v) is 13.0. The molecular weight excluding hydrogens is 329 g/mol. The monoisotopic (exact) mass is 341 g/mol. The molecule has 0 saturated heterocycles. The summed E-state index contributed by atoms with van der Waals surface area (Å²) in [5, 5.41) is 17.2. The van der Waals surface area contributed by atoms with Crippen molar-refractivity contribution in [2.75, 3.05) is 5.32 Å². The Morgan fingerprint density at radius 1 is 1.24 bits per heavy atom. The van der Waals surface area contributed by atoms with E-state index < -0.39 is 22.3 Å². The third-order valence-electron chi connectivity index (χ3n) is 3.54. The van der Waals surface area contributed by atoms with Gasteiger partial charge in [0.1, 0.15) is 17.0 Å². The summed E-state index contributed by atoms with van der Waals surface area (Å²) in [4.78, 5) is 22.5. The first-order chi connectivity index (χ1) is 12.0. The maximum Gasteiger partial charge on any atom is 0.306 e. The van der Waals surface area contributed by atoms with Crippen molar-refractivity contribution in [1.82, 2.24) is 5.16 Å². The number of anilines is 1. The normalized spacial score (nSPS) is 10.5. The molecule has 0 saturated carbocycles. The summed E-state index contributed by atoms with van der Waals surface area (Å²) in [5.41, 5.74) is 0.626. The SMILES string of the molecule is Cc1onc(-c2ccccc2)c1C(=O)Nc1ccc(F)c([N+](=O)[O-])c1. The minimum Gasteiger partial charge on any atom is -0.360 e. The summed E-state index contributed by atoms with van der Waals surface area (Å²) in [5.74, 6) is -1.24. The Kier molecular flexibility index (Phi) is 4.25. The summed E-state index contributed by atoms with van der Waals surface area (Å²) in [6, 6.07) is 12.1. The lowest BCUT2D eigenvalue weighted by Crippen LogP contribution is -2.13. The van der Waals surface area contributed by atoms with E-state index >= 15 is 0 Å². The molecule has 0 unspecified atom stereocenters. The molecule has 3 aromatic rings. The van der Waals surface area contributed by atoms with Crippen molar-refractivity contribution in [1.29, 1.82) is 0 Å². The number of rotatable bonds is 4. The third-order valence-corrected chi connectivity index (χ3v) is 3.54. The molecule has 1 N–H and O–H groups in total. The summed E-state index contributed by atoms with van der Waals surface area (Å²) in [7, 11) is 0. The summed E-state index contributed by atoms with van der Waals surface area (Å²) >= 11 is 0. The maximum atomic E-state index is 13.4. The van der Waals surface area contributed by atoms with Gasteiger partial charge in [-0.25, -0.2) is 0 Å². The lowest BCUT2D eigenvalue weighted by Gasteiger charge is -2.06. The molecule has 2 aromatic carbocycles. The van der Waals surface area contributed by atoms with Crippen molar-refractivity contribution in [2.45, 2.75) is 6.92 Å². The molecule has 0 bridgehead atoms. The van der Waals surface area contributed by atoms with Crippen molar-refractivity contribution >= 4 is 17.3 Å². The van der Waals surface area contributed by atoms with E-state index in [1.54, 1.807) is 31.2 Å². The van der Waals surface area contributed by atoms with Crippen LogP contribution in [-0.2, 0) is 0 Å². The quantitative estimate of drug-likeness (QED) is 0.572. The maximum absolute atomic E-state index is 13.4. The molecule has 1 aromatic heterocycles. The van der Waals surface area contributed by atoms with Gasteiger partial charge in [0.2, 0.25) is 5.82 Å². The van der Waals surface area contributed by atoms with E-state index in [2.05, 4.69) is 10.5 Å². The van der Waals surface area contributed by atoms with Gasteiger partial charge in [-0.05, 0) is 19.1 Å². The lowest BCUT2D eigenvalue weighted by molar-refractivity contribution is -0.387. The van der Waals surface area contributed by atoms with Gasteiger partial charge in [-0.15, -0.1) is 0 Å². The number of carbonyl (C=O) groups is 1. The summed E-state index contributed by atoms with van der Waals surface area (Å²) in [6.07, 6.45) is 0. The molecule has 0 aliphatic carbocycles. The van der Waals surface area contributed by atoms with Gasteiger partial charge in [0, 0.05) is 17.3 Å². The van der Waals surface area contributed by atoms with E-state index in [0.29, 0.717) is 17.0 Å². The molecular formula is C17H12FN3O4. The highest BCUT2D eigenvalue weighted by atomic mass is 19.1. The molecule has 7 nitrogen and oxygen atoms in total. The molecule has 1 amide bonds. The first kappa shape index (κ1) is 16.3. The van der Waals surface area contributed by atoms with Crippen molar-refractivity contribution in [3.05, 3.63) is 75.8 Å². The number of carbonyl (C=O) groups excluding carboxylic acids is 1. The fraction of sp³-hybridized carbons (Fsp3) is 0.0588. The van der Waals surface area contributed by atoms with Gasteiger partial charge < -0.3 is 9.84 Å². The van der Waals surface area contributed by atoms with Crippen LogP contribution in [0.5, 0.6) is 0 Å². The molecule has 0 radical (unpaired) electrons. The Balaban J connectivity index is 1.94. The lowest BCUT2D eigenvalue weighted by atomic mass is 10.1. The van der Waals surface area contributed by atoms with Crippen LogP contribution in [0.1, 0.15) is 16.1 Å². The molecule has 8 heteroatoms. The molecule has 0 aliphatic rings. The fourth-order valence-electron chi connectivity index (χ4n) is 2.36. The van der Waals surface area contributed by atoms with E-state index in [0.717, 1.165) is 12.1 Å². The van der Waals surface area contributed by atoms with Gasteiger partial charge in [0.15, 0.2) is 0 Å². The topological polar surface area (TPSA) is 98.3 Å². The van der Waals surface area contributed by atoms with Crippen molar-refractivity contribution in [2.24, 2.45) is 0 Å². The van der Waals surface area contributed by atoms with Crippen LogP contribution in [0.3, 0.4) is 0 Å². The Bertz CT molecular complexity index is 954. The predicted molar refractivity (Wildman–Crippen MR) is 87.7 cm³/mol. The average molecular weight is 341 g/mol. The van der Waals surface area contributed by atoms with Crippen LogP contribution in [-0.4, -0.2) is 16.0 Å². The Hall–Kier alpha value is -3.55. The van der Waals surface area contributed by atoms with Crippen LogP contribution < -0.4 is 5.32 Å². The number of halogens is 1. The van der Waals surface area contributed by atoms with Gasteiger partial charge >= 0.3 is 5.69 Å². The number of nitro groups is 1. The zero-order valence-electron chi connectivity index (χ0n) is 13.0. The van der Waals surface area contributed by atoms with E-state index in [-0.39, 0.29) is 11.3 Å². The van der Waals surface area contributed by atoms with Crippen LogP contribution in [0.2, 0.25) is 0 Å². The molecule has 25 heavy (non-hydrogen) atoms. The van der Waals surface area contributed by atoms with Crippen LogP contribution in [0.4, 0.5) is 15.8 Å². The van der Waals surface area contributed by atoms with Gasteiger partial charge in [-0.2, -0.15) is 4.39 Å². The standard InChI is InChI=1S/C17H12FN3O4/c1-10-15(16(20-25-10)11-5-3-2-4-6-11)17(22)19-12-7-8-13(18)14(9-12)21(23)24/h2-9H,1H3,(H,19,22). The second kappa shape index (κ2) is 6.52. The second-order valence-corrected chi connectivity index (χ2v) is 5.21. The number of aryl methyl sites for hydroxylation is 1. The minimum atomic E-state index is -0.978. The van der Waals surface area contributed by atoms with E-state index in [1.165, 1.54) is 6.07 Å². The number of nitro benzene ring substituents is 1. The molecule has 0 aliphatic heterocycles. The van der Waals surface area contributed by atoms with Crippen LogP contribution in [0.25, 0.3) is 11.3 Å². The van der Waals surface area contributed by atoms with Gasteiger partial charge in [-0.1, -0.05) is 35.5 Å². The van der Waals surface area contributed by atoms with Crippen LogP contribution in [0.15, 0.2) is 53.1 Å². The smallest absolute Gasteiger partial charge is 0.306 e. The van der Waals surface area contributed by atoms with Gasteiger partial charge in [0.05, 0.1) is 4.92 Å². The minimum absolute atomic E-state index is 0.0951. The van der Waals surface area contributed by atoms with Crippen molar-refractivity contribution in [3.8, 4) is 11.3 Å². The van der Waals surface area contributed by atoms with Crippen LogP contribution >= 0.6 is 0 Å². The number of hydrogen-bond acceptors (Lipinski definition) is 5. The average Bonchev–Trinajstić information content (AvgIpc) is 2.99. The number of nitrogens with zero attached hydrogens (tertiary/aromatic N) is 2. The molecule has 1 heterocycles. The Morgan fingerprint density at radius 2 is 1.96 bits per heavy atom. The van der Waals surface area contributed by atoms with Gasteiger partial charge in [0.25, 0.3) is 5.91 Å². The highest BCUT2D eigenvalue weighted by Crippen LogP contribution is 2.27. The first-order valence-electron chi connectivity index (χ1n) is 7.24. The van der Waals surface area contributed by atoms with E-state index in [1.807, 2.05) is 6.07 Å². The van der Waals surface area contributed by atoms with E-state index in [4.69, 9.17) is 4.52 Å². The molecule has 0 fully saturated rings. The molecule has 3 rings (SSSR count). The zero-order chi connectivity index (χ0) is 18.0. The fourth-order valence-corrected chi connectivity index (χ4v) is 2.36. The summed E-state index contributed by atoms with van der Waals surface area (Å²) in [6.45, 7) is 1.58. The Morgan fingerprint density at radius 3 is 2.64 bits per heavy atom. The molecule has 126 valence electrons. The van der Waals surface area contributed by atoms with Crippen molar-refractivity contribution < 1.29 is 18.6 Å². The Labute approximate surface area is 141 Å². The largest absolute Gasteiger partial charge is 0.360 e. The number of aromatic nitrogens is 1. The molecule has 0 spiro atoms. The number of benzene rings is 2. The van der Waals surface area contributed by atoms with E-state index in [9.17, 15) is 19.3 Å². The number of hydrogen-bond donors (Lipinski definition) is 1. The van der Waals surface area contributed by atoms with Crippen molar-refractivity contribution in [3.63, 3.8) is 0 Å². The first-order valence-corrected chi connectivity index (χ1v) is 7.24. The second-order valence-electron chi connectivity index (χ2n) is 5.21. The third kappa shape index (κ3) is 3.23. The predicted octanol–water partition coefficient (Wildman–Crippen LogP) is 3.95. The highest BCUT2D eigenvalue weighted by molar-refractivity contribution is 6.08. The summed E-state index contributed by atoms with van der Waals surface area (Å²) < 4.78 is 18.5. The number of amides is 1. The molecule has 0 atom stereocenters. The van der Waals surface area contributed by atoms with Gasteiger partial charge in [-0.3, -0.25) is 14.9 Å².